The van der Waals surface area contributed by atoms with Crippen LogP contribution in [0.5, 0.6) is 0 Å². The molecule has 2 heterocycles. The van der Waals surface area contributed by atoms with Gasteiger partial charge in [-0.25, -0.2) is 0 Å². The third-order valence-electron chi connectivity index (χ3n) is 2.01. The molecular weight excluding hydrogens is 156 g/mol. The summed E-state index contributed by atoms with van der Waals surface area (Å²) in [6.07, 6.45) is 1.74. The van der Waals surface area contributed by atoms with Crippen LogP contribution in [0.4, 0.5) is 0 Å². The molecule has 1 aliphatic rings. The lowest BCUT2D eigenvalue weighted by molar-refractivity contribution is -0.0317. The third-order valence-corrected chi connectivity index (χ3v) is 2.01. The van der Waals surface area contributed by atoms with Crippen molar-refractivity contribution in [3.63, 3.8) is 0 Å². The molecule has 1 N–H and O–H groups in total. The largest absolute Gasteiger partial charge is 0.467 e. The molecule has 1 aliphatic heterocycles. The second-order valence-corrected chi connectivity index (χ2v) is 3.51. The van der Waals surface area contributed by atoms with Gasteiger partial charge in [0.1, 0.15) is 17.6 Å². The van der Waals surface area contributed by atoms with E-state index in [0.29, 0.717) is 0 Å². The zero-order valence-corrected chi connectivity index (χ0v) is 7.33. The maximum Gasteiger partial charge on any atom is 0.133 e. The number of furan rings is 1. The van der Waals surface area contributed by atoms with Crippen molar-refractivity contribution in [2.45, 2.75) is 25.7 Å². The van der Waals surface area contributed by atoms with E-state index < -0.39 is 0 Å². The fourth-order valence-electron chi connectivity index (χ4n) is 1.41. The van der Waals surface area contributed by atoms with Crippen LogP contribution in [0.3, 0.4) is 0 Å². The van der Waals surface area contributed by atoms with Crippen LogP contribution in [0.2, 0.25) is 0 Å². The molecule has 0 bridgehead atoms. The van der Waals surface area contributed by atoms with E-state index in [0.717, 1.165) is 12.3 Å². The number of hydrogen-bond donors (Lipinski definition) is 1. The predicted octanol–water partition coefficient (Wildman–Crippen LogP) is 1.68. The van der Waals surface area contributed by atoms with E-state index in [1.807, 2.05) is 26.0 Å². The molecule has 3 nitrogen and oxygen atoms in total. The molecule has 1 aromatic rings. The first-order valence-electron chi connectivity index (χ1n) is 4.14. The molecule has 0 amide bonds. The Morgan fingerprint density at radius 2 is 2.42 bits per heavy atom. The second-order valence-electron chi connectivity index (χ2n) is 3.51. The van der Waals surface area contributed by atoms with Crippen molar-refractivity contribution >= 4 is 0 Å². The van der Waals surface area contributed by atoms with Crippen LogP contribution in [0.25, 0.3) is 0 Å². The smallest absolute Gasteiger partial charge is 0.133 e. The topological polar surface area (TPSA) is 34.4 Å². The van der Waals surface area contributed by atoms with Crippen molar-refractivity contribution < 1.29 is 9.15 Å². The van der Waals surface area contributed by atoms with E-state index in [1.165, 1.54) is 0 Å². The zero-order chi connectivity index (χ0) is 8.60. The molecule has 1 fully saturated rings. The van der Waals surface area contributed by atoms with Gasteiger partial charge in [-0.15, -0.1) is 0 Å². The van der Waals surface area contributed by atoms with Crippen molar-refractivity contribution in [2.24, 2.45) is 0 Å². The highest BCUT2D eigenvalue weighted by molar-refractivity contribution is 5.05. The summed E-state index contributed by atoms with van der Waals surface area (Å²) >= 11 is 0. The Morgan fingerprint density at radius 3 is 2.92 bits per heavy atom. The SMILES string of the molecule is CC1(C)N[14CH2]C(c2ccco2)O1. The molecule has 0 spiro atoms. The highest BCUT2D eigenvalue weighted by atomic mass is 16.6. The van der Waals surface area contributed by atoms with Gasteiger partial charge in [0.05, 0.1) is 6.26 Å². The van der Waals surface area contributed by atoms with E-state index in [9.17, 15) is 0 Å². The van der Waals surface area contributed by atoms with Crippen LogP contribution in [0.1, 0.15) is 25.7 Å². The summed E-state index contributed by atoms with van der Waals surface area (Å²) in [6, 6.07) is 3.82. The molecule has 66 valence electrons. The Hall–Kier alpha value is -0.800. The third kappa shape index (κ3) is 1.38. The van der Waals surface area contributed by atoms with Gasteiger partial charge in [0.2, 0.25) is 0 Å². The minimum absolute atomic E-state index is 0.0648. The summed E-state index contributed by atoms with van der Waals surface area (Å²) in [4.78, 5) is 0. The van der Waals surface area contributed by atoms with Crippen LogP contribution in [-0.4, -0.2) is 12.3 Å². The summed E-state index contributed by atoms with van der Waals surface area (Å²) in [5.41, 5.74) is -0.225. The number of ether oxygens (including phenoxy) is 1. The van der Waals surface area contributed by atoms with Gasteiger partial charge in [-0.1, -0.05) is 0 Å². The van der Waals surface area contributed by atoms with E-state index >= 15 is 0 Å². The van der Waals surface area contributed by atoms with Gasteiger partial charge in [-0.2, -0.15) is 0 Å². The van der Waals surface area contributed by atoms with Crippen LogP contribution in [-0.2, 0) is 4.74 Å². The quantitative estimate of drug-likeness (QED) is 0.694. The lowest BCUT2D eigenvalue weighted by Gasteiger charge is -2.17. The summed E-state index contributed by atoms with van der Waals surface area (Å²) in [5, 5.41) is 3.25. The number of rotatable bonds is 1. The maximum absolute atomic E-state index is 5.69. The lowest BCUT2D eigenvalue weighted by atomic mass is 10.3. The van der Waals surface area contributed by atoms with E-state index in [2.05, 4.69) is 5.32 Å². The summed E-state index contributed by atoms with van der Waals surface area (Å²) < 4.78 is 10.9. The molecule has 1 unspecified atom stereocenters. The fraction of sp³-hybridized carbons (Fsp3) is 0.556. The van der Waals surface area contributed by atoms with Crippen LogP contribution < -0.4 is 5.32 Å². The van der Waals surface area contributed by atoms with Crippen molar-refractivity contribution in [2.75, 3.05) is 6.54 Å². The minimum Gasteiger partial charge on any atom is -0.467 e. The zero-order valence-electron chi connectivity index (χ0n) is 7.33. The molecule has 0 radical (unpaired) electrons. The summed E-state index contributed by atoms with van der Waals surface area (Å²) in [6.45, 7) is 4.84. The maximum atomic E-state index is 5.69. The van der Waals surface area contributed by atoms with Crippen molar-refractivity contribution in [3.05, 3.63) is 24.2 Å². The van der Waals surface area contributed by atoms with Crippen molar-refractivity contribution in [1.29, 1.82) is 0 Å². The Morgan fingerprint density at radius 1 is 1.58 bits per heavy atom. The van der Waals surface area contributed by atoms with Gasteiger partial charge in [0, 0.05) is 6.54 Å². The molecule has 1 saturated heterocycles. The monoisotopic (exact) mass is 169 g/mol. The highest BCUT2D eigenvalue weighted by Crippen LogP contribution is 2.27. The molecule has 1 atom stereocenters. The standard InChI is InChI=1S/C9H13NO2/c1-9(2)10-6-8(12-9)7-4-3-5-11-7/h3-5,8,10H,6H2,1-2H3/i6+2. The van der Waals surface area contributed by atoms with Gasteiger partial charge in [-0.05, 0) is 26.0 Å². The van der Waals surface area contributed by atoms with Gasteiger partial charge in [0.25, 0.3) is 0 Å². The Kier molecular flexibility index (Phi) is 1.70. The van der Waals surface area contributed by atoms with Crippen LogP contribution in [0.15, 0.2) is 22.8 Å². The van der Waals surface area contributed by atoms with Crippen molar-refractivity contribution in [1.82, 2.24) is 5.32 Å². The molecule has 3 heteroatoms. The Labute approximate surface area is 71.7 Å². The summed E-state index contributed by atoms with van der Waals surface area (Å²) in [7, 11) is 0. The Balaban J connectivity index is 2.10. The van der Waals surface area contributed by atoms with E-state index in [1.54, 1.807) is 6.26 Å². The van der Waals surface area contributed by atoms with Gasteiger partial charge < -0.3 is 9.15 Å². The normalized spacial score (nSPS) is 27.7. The number of hydrogen-bond acceptors (Lipinski definition) is 3. The molecule has 1 aromatic heterocycles. The van der Waals surface area contributed by atoms with Gasteiger partial charge >= 0.3 is 0 Å². The fourth-order valence-corrected chi connectivity index (χ4v) is 1.41. The molecule has 2 rings (SSSR count). The molecule has 0 saturated carbocycles. The molecular formula is C9H13NO2. The van der Waals surface area contributed by atoms with E-state index in [4.69, 9.17) is 9.15 Å². The first-order valence-corrected chi connectivity index (χ1v) is 4.14. The average molecular weight is 169 g/mol. The minimum atomic E-state index is -0.225. The number of nitrogens with one attached hydrogen (secondary N) is 1. The first kappa shape index (κ1) is 7.83. The summed E-state index contributed by atoms with van der Waals surface area (Å²) in [5.74, 6) is 0.896. The van der Waals surface area contributed by atoms with Crippen LogP contribution >= 0.6 is 0 Å². The Bertz CT molecular complexity index is 254. The molecule has 12 heavy (non-hydrogen) atoms. The molecule has 0 aromatic carbocycles. The van der Waals surface area contributed by atoms with Crippen molar-refractivity contribution in [3.8, 4) is 0 Å². The second kappa shape index (κ2) is 2.61. The van der Waals surface area contributed by atoms with Crippen LogP contribution in [0, 0.1) is 0 Å². The van der Waals surface area contributed by atoms with Gasteiger partial charge in [-0.3, -0.25) is 5.32 Å². The first-order chi connectivity index (χ1) is 5.67. The molecule has 0 aliphatic carbocycles. The van der Waals surface area contributed by atoms with E-state index in [-0.39, 0.29) is 11.8 Å². The average Bonchev–Trinajstić information content (AvgIpc) is 2.55. The predicted molar refractivity (Wildman–Crippen MR) is 44.6 cm³/mol. The van der Waals surface area contributed by atoms with Gasteiger partial charge in [0.15, 0.2) is 0 Å². The highest BCUT2D eigenvalue weighted by Gasteiger charge is 2.33. The lowest BCUT2D eigenvalue weighted by Crippen LogP contribution is -2.33.